The van der Waals surface area contributed by atoms with E-state index in [-0.39, 0.29) is 5.54 Å². The normalized spacial score (nSPS) is 30.3. The molecule has 1 heterocycles. The van der Waals surface area contributed by atoms with E-state index >= 15 is 0 Å². The van der Waals surface area contributed by atoms with Crippen LogP contribution in [0.1, 0.15) is 33.6 Å². The lowest BCUT2D eigenvalue weighted by molar-refractivity contribution is -0.137. The fraction of sp³-hybridized carbons (Fsp3) is 0.909. The third-order valence-electron chi connectivity index (χ3n) is 3.06. The van der Waals surface area contributed by atoms with E-state index in [4.69, 9.17) is 4.74 Å². The number of aldehydes is 1. The molecule has 0 aromatic carbocycles. The summed E-state index contributed by atoms with van der Waals surface area (Å²) in [5, 5.41) is 0. The van der Waals surface area contributed by atoms with Crippen molar-refractivity contribution in [1.82, 2.24) is 4.90 Å². The average Bonchev–Trinajstić information content (AvgIpc) is 2.16. The van der Waals surface area contributed by atoms with Crippen LogP contribution in [-0.2, 0) is 9.53 Å². The molecule has 0 aromatic rings. The van der Waals surface area contributed by atoms with E-state index in [1.807, 2.05) is 0 Å². The highest BCUT2D eigenvalue weighted by atomic mass is 16.5. The third-order valence-corrected chi connectivity index (χ3v) is 3.06. The van der Waals surface area contributed by atoms with Gasteiger partial charge in [0.05, 0.1) is 0 Å². The summed E-state index contributed by atoms with van der Waals surface area (Å²) in [6.07, 6.45) is 2.84. The van der Waals surface area contributed by atoms with E-state index in [2.05, 4.69) is 25.7 Å². The highest BCUT2D eigenvalue weighted by Gasteiger charge is 2.38. The number of nitrogens with zero attached hydrogens (tertiary/aromatic N) is 1. The molecule has 14 heavy (non-hydrogen) atoms. The van der Waals surface area contributed by atoms with E-state index in [1.54, 1.807) is 7.11 Å². The van der Waals surface area contributed by atoms with Crippen LogP contribution in [0.3, 0.4) is 0 Å². The van der Waals surface area contributed by atoms with Gasteiger partial charge >= 0.3 is 0 Å². The smallest absolute Gasteiger partial charge is 0.153 e. The number of methoxy groups -OCH3 is 1. The highest BCUT2D eigenvalue weighted by molar-refractivity contribution is 5.63. The van der Waals surface area contributed by atoms with Crippen molar-refractivity contribution in [3.05, 3.63) is 0 Å². The fourth-order valence-corrected chi connectivity index (χ4v) is 1.93. The Labute approximate surface area is 86.4 Å². The second-order valence-corrected chi connectivity index (χ2v) is 5.08. The van der Waals surface area contributed by atoms with Gasteiger partial charge in [-0.3, -0.25) is 4.90 Å². The minimum Gasteiger partial charge on any atom is -0.369 e. The van der Waals surface area contributed by atoms with Gasteiger partial charge in [0.1, 0.15) is 5.60 Å². The number of carbonyl (C=O) groups excluding carboxylic acids is 1. The zero-order valence-electron chi connectivity index (χ0n) is 9.67. The summed E-state index contributed by atoms with van der Waals surface area (Å²) in [4.78, 5) is 13.3. The first-order valence-electron chi connectivity index (χ1n) is 5.20. The van der Waals surface area contributed by atoms with Crippen molar-refractivity contribution in [3.63, 3.8) is 0 Å². The molecule has 0 amide bonds. The maximum atomic E-state index is 11.0. The molecule has 3 heteroatoms. The molecule has 1 saturated heterocycles. The molecule has 1 aliphatic rings. The third kappa shape index (κ3) is 2.34. The number of likely N-dealkylation sites (tertiary alicyclic amines) is 1. The van der Waals surface area contributed by atoms with Crippen LogP contribution < -0.4 is 0 Å². The van der Waals surface area contributed by atoms with Crippen molar-refractivity contribution >= 4 is 6.29 Å². The maximum absolute atomic E-state index is 11.0. The van der Waals surface area contributed by atoms with Crippen molar-refractivity contribution in [2.45, 2.75) is 44.8 Å². The zero-order chi connectivity index (χ0) is 10.8. The summed E-state index contributed by atoms with van der Waals surface area (Å²) in [7, 11) is 1.63. The monoisotopic (exact) mass is 199 g/mol. The van der Waals surface area contributed by atoms with Gasteiger partial charge in [-0.1, -0.05) is 0 Å². The van der Waals surface area contributed by atoms with Crippen LogP contribution in [-0.4, -0.2) is 42.5 Å². The molecular formula is C11H21NO2. The molecule has 1 fully saturated rings. The number of carbonyl (C=O) groups is 1. The number of rotatable bonds is 2. The van der Waals surface area contributed by atoms with Crippen LogP contribution in [0.5, 0.6) is 0 Å². The first-order chi connectivity index (χ1) is 6.43. The molecule has 1 aliphatic heterocycles. The Balaban J connectivity index is 2.73. The molecule has 0 aromatic heterocycles. The first-order valence-corrected chi connectivity index (χ1v) is 5.20. The summed E-state index contributed by atoms with van der Waals surface area (Å²) in [6.45, 7) is 8.29. The Bertz CT molecular complexity index is 210. The lowest BCUT2D eigenvalue weighted by atomic mass is 9.90. The van der Waals surface area contributed by atoms with Crippen molar-refractivity contribution in [2.75, 3.05) is 20.2 Å². The standard InChI is InChI=1S/C11H21NO2/c1-10(2,3)12-7-5-6-11(8-12,9-13)14-4/h9H,5-8H2,1-4H3. The van der Waals surface area contributed by atoms with Crippen LogP contribution in [0.25, 0.3) is 0 Å². The topological polar surface area (TPSA) is 29.5 Å². The van der Waals surface area contributed by atoms with E-state index in [1.165, 1.54) is 0 Å². The lowest BCUT2D eigenvalue weighted by Gasteiger charge is -2.44. The Morgan fingerprint density at radius 1 is 1.43 bits per heavy atom. The van der Waals surface area contributed by atoms with Gasteiger partial charge in [-0.2, -0.15) is 0 Å². The Hall–Kier alpha value is -0.410. The predicted octanol–water partition coefficient (Wildman–Crippen LogP) is 1.46. The van der Waals surface area contributed by atoms with E-state index in [0.717, 1.165) is 32.2 Å². The summed E-state index contributed by atoms with van der Waals surface area (Å²) in [5.41, 5.74) is -0.446. The molecule has 0 bridgehead atoms. The minimum atomic E-state index is -0.564. The van der Waals surface area contributed by atoms with Gasteiger partial charge in [-0.15, -0.1) is 0 Å². The SMILES string of the molecule is COC1(C=O)CCCN(C(C)(C)C)C1. The summed E-state index contributed by atoms with van der Waals surface area (Å²) in [5.74, 6) is 0. The van der Waals surface area contributed by atoms with Crippen LogP contribution in [0.4, 0.5) is 0 Å². The van der Waals surface area contributed by atoms with E-state index in [9.17, 15) is 4.79 Å². The van der Waals surface area contributed by atoms with Crippen LogP contribution >= 0.6 is 0 Å². The van der Waals surface area contributed by atoms with E-state index in [0.29, 0.717) is 0 Å². The van der Waals surface area contributed by atoms with Gasteiger partial charge in [0.15, 0.2) is 6.29 Å². The number of hydrogen-bond donors (Lipinski definition) is 0. The second kappa shape index (κ2) is 3.99. The van der Waals surface area contributed by atoms with Crippen molar-refractivity contribution in [1.29, 1.82) is 0 Å². The zero-order valence-corrected chi connectivity index (χ0v) is 9.67. The molecule has 0 radical (unpaired) electrons. The molecule has 0 aliphatic carbocycles. The van der Waals surface area contributed by atoms with Gasteiger partial charge in [0.2, 0.25) is 0 Å². The Morgan fingerprint density at radius 3 is 2.50 bits per heavy atom. The van der Waals surface area contributed by atoms with Crippen LogP contribution in [0, 0.1) is 0 Å². The van der Waals surface area contributed by atoms with Gasteiger partial charge in [-0.25, -0.2) is 0 Å². The molecule has 1 atom stereocenters. The molecule has 0 N–H and O–H groups in total. The van der Waals surface area contributed by atoms with Gasteiger partial charge < -0.3 is 9.53 Å². The minimum absolute atomic E-state index is 0.118. The highest BCUT2D eigenvalue weighted by Crippen LogP contribution is 2.27. The van der Waals surface area contributed by atoms with E-state index < -0.39 is 5.60 Å². The second-order valence-electron chi connectivity index (χ2n) is 5.08. The van der Waals surface area contributed by atoms with Crippen molar-refractivity contribution in [3.8, 4) is 0 Å². The van der Waals surface area contributed by atoms with Gasteiger partial charge in [0.25, 0.3) is 0 Å². The molecule has 0 spiro atoms. The maximum Gasteiger partial charge on any atom is 0.153 e. The predicted molar refractivity (Wildman–Crippen MR) is 56.4 cm³/mol. The molecule has 82 valence electrons. The summed E-state index contributed by atoms with van der Waals surface area (Å²) in [6, 6.07) is 0. The van der Waals surface area contributed by atoms with Crippen molar-refractivity contribution in [2.24, 2.45) is 0 Å². The Morgan fingerprint density at radius 2 is 2.07 bits per heavy atom. The van der Waals surface area contributed by atoms with Crippen LogP contribution in [0.15, 0.2) is 0 Å². The van der Waals surface area contributed by atoms with Gasteiger partial charge in [0, 0.05) is 19.2 Å². The Kier molecular flexibility index (Phi) is 3.32. The van der Waals surface area contributed by atoms with Crippen LogP contribution in [0.2, 0.25) is 0 Å². The summed E-state index contributed by atoms with van der Waals surface area (Å²) >= 11 is 0. The van der Waals surface area contributed by atoms with Crippen molar-refractivity contribution < 1.29 is 9.53 Å². The molecule has 3 nitrogen and oxygen atoms in total. The molecule has 1 rings (SSSR count). The summed E-state index contributed by atoms with van der Waals surface area (Å²) < 4.78 is 5.34. The largest absolute Gasteiger partial charge is 0.369 e. The number of piperidine rings is 1. The molecule has 0 saturated carbocycles. The number of hydrogen-bond acceptors (Lipinski definition) is 3. The molecule has 1 unspecified atom stereocenters. The quantitative estimate of drug-likeness (QED) is 0.631. The number of ether oxygens (including phenoxy) is 1. The lowest BCUT2D eigenvalue weighted by Crippen LogP contribution is -2.56. The average molecular weight is 199 g/mol. The molecular weight excluding hydrogens is 178 g/mol. The first kappa shape index (κ1) is 11.7. The van der Waals surface area contributed by atoms with Gasteiger partial charge in [-0.05, 0) is 40.2 Å². The fourth-order valence-electron chi connectivity index (χ4n) is 1.93.